The molecular weight excluding hydrogens is 500 g/mol. The summed E-state index contributed by atoms with van der Waals surface area (Å²) in [6.45, 7) is -2.63. The average Bonchev–Trinajstić information content (AvgIpc) is 3.26. The Kier molecular flexibility index (Phi) is 7.62. The van der Waals surface area contributed by atoms with Gasteiger partial charge >= 0.3 is 6.61 Å². The van der Waals surface area contributed by atoms with Crippen molar-refractivity contribution in [3.8, 4) is 17.2 Å². The maximum absolute atomic E-state index is 14.9. The fourth-order valence-corrected chi connectivity index (χ4v) is 3.89. The number of piperidine rings is 1. The van der Waals surface area contributed by atoms with E-state index in [0.29, 0.717) is 19.4 Å². The van der Waals surface area contributed by atoms with Crippen LogP contribution in [0.25, 0.3) is 5.69 Å². The van der Waals surface area contributed by atoms with Crippen LogP contribution >= 0.6 is 0 Å². The first-order chi connectivity index (χ1) is 17.7. The summed E-state index contributed by atoms with van der Waals surface area (Å²) in [7, 11) is 1.23. The van der Waals surface area contributed by atoms with Crippen LogP contribution in [0.4, 0.5) is 23.5 Å². The van der Waals surface area contributed by atoms with Crippen LogP contribution in [-0.4, -0.2) is 64.3 Å². The molecule has 1 atom stereocenters. The molecule has 3 aromatic rings. The monoisotopic (exact) mass is 522 g/mol. The Labute approximate surface area is 208 Å². The minimum Gasteiger partial charge on any atom is -0.497 e. The summed E-state index contributed by atoms with van der Waals surface area (Å²) in [5.41, 5.74) is -0.847. The maximum atomic E-state index is 14.9. The number of rotatable bonds is 7. The molecule has 0 saturated carbocycles. The first kappa shape index (κ1) is 25.9. The number of anilines is 1. The molecular formula is C24H22F4N4O5. The number of likely N-dealkylation sites (tertiary alicyclic amines) is 1. The Balaban J connectivity index is 1.70. The first-order valence-electron chi connectivity index (χ1n) is 11.1. The van der Waals surface area contributed by atoms with Gasteiger partial charge in [0.25, 0.3) is 11.8 Å². The van der Waals surface area contributed by atoms with Crippen molar-refractivity contribution in [2.24, 2.45) is 0 Å². The zero-order valence-corrected chi connectivity index (χ0v) is 19.5. The molecule has 0 bridgehead atoms. The largest absolute Gasteiger partial charge is 0.497 e. The van der Waals surface area contributed by atoms with Gasteiger partial charge in [-0.1, -0.05) is 0 Å². The molecule has 0 aliphatic carbocycles. The Morgan fingerprint density at radius 2 is 1.81 bits per heavy atom. The lowest BCUT2D eigenvalue weighted by Gasteiger charge is -2.29. The number of aromatic nitrogens is 2. The third-order valence-electron chi connectivity index (χ3n) is 5.64. The number of nitrogens with one attached hydrogen (secondary N) is 1. The number of ether oxygens (including phenoxy) is 2. The zero-order chi connectivity index (χ0) is 26.7. The number of halogens is 4. The molecule has 196 valence electrons. The highest BCUT2D eigenvalue weighted by Gasteiger charge is 2.28. The number of methoxy groups -OCH3 is 1. The molecule has 1 unspecified atom stereocenters. The number of benzene rings is 2. The summed E-state index contributed by atoms with van der Waals surface area (Å²) in [4.78, 5) is 31.3. The van der Waals surface area contributed by atoms with E-state index in [1.807, 2.05) is 0 Å². The average molecular weight is 522 g/mol. The van der Waals surface area contributed by atoms with Gasteiger partial charge in [0.15, 0.2) is 11.6 Å². The molecule has 1 aliphatic heterocycles. The van der Waals surface area contributed by atoms with Gasteiger partial charge in [-0.15, -0.1) is 0 Å². The molecule has 1 fully saturated rings. The molecule has 37 heavy (non-hydrogen) atoms. The molecule has 1 aliphatic rings. The van der Waals surface area contributed by atoms with Crippen molar-refractivity contribution in [3.63, 3.8) is 0 Å². The lowest BCUT2D eigenvalue weighted by atomic mass is 10.1. The fourth-order valence-electron chi connectivity index (χ4n) is 3.89. The van der Waals surface area contributed by atoms with Crippen molar-refractivity contribution in [1.29, 1.82) is 0 Å². The van der Waals surface area contributed by atoms with Crippen LogP contribution in [0.1, 0.15) is 33.7 Å². The van der Waals surface area contributed by atoms with E-state index in [-0.39, 0.29) is 35.2 Å². The minimum absolute atomic E-state index is 0.00105. The van der Waals surface area contributed by atoms with Gasteiger partial charge in [-0.3, -0.25) is 19.5 Å². The second-order valence-corrected chi connectivity index (χ2v) is 8.16. The van der Waals surface area contributed by atoms with E-state index in [1.54, 1.807) is 0 Å². The second-order valence-electron chi connectivity index (χ2n) is 8.16. The zero-order valence-electron chi connectivity index (χ0n) is 19.5. The molecule has 0 spiro atoms. The summed E-state index contributed by atoms with van der Waals surface area (Å²) in [5, 5.41) is 12.3. The number of hydrogen-bond acceptors (Lipinski definition) is 6. The van der Waals surface area contributed by atoms with Crippen LogP contribution in [0.3, 0.4) is 0 Å². The summed E-state index contributed by atoms with van der Waals surface area (Å²) in [6, 6.07) is 6.55. The van der Waals surface area contributed by atoms with E-state index in [4.69, 9.17) is 4.74 Å². The molecule has 4 rings (SSSR count). The van der Waals surface area contributed by atoms with Gasteiger partial charge in [-0.25, -0.2) is 13.8 Å². The molecule has 2 aromatic carbocycles. The highest BCUT2D eigenvalue weighted by atomic mass is 19.3. The topological polar surface area (TPSA) is 106 Å². The fraction of sp³-hybridized carbons (Fsp3) is 0.292. The summed E-state index contributed by atoms with van der Waals surface area (Å²) in [5.74, 6) is -4.13. The number of carbonyl (C=O) groups excluding carboxylic acids is 2. The number of aliphatic hydroxyl groups is 1. The second kappa shape index (κ2) is 10.9. The number of hydrogen-bond donors (Lipinski definition) is 2. The van der Waals surface area contributed by atoms with Crippen LogP contribution in [0.2, 0.25) is 0 Å². The third-order valence-corrected chi connectivity index (χ3v) is 5.64. The Hall–Kier alpha value is -4.13. The standard InChI is InChI=1S/C24H22F4N4O5/c1-36-16-9-17(25)20(18(26)10-16)32-12-19(22(35)31-8-2-3-14(33)11-31)29-24(32)30-21(34)13-4-6-15(7-5-13)37-23(27)28/h4-7,9-10,12,14,23,33H,2-3,8,11H2,1H3,(H,29,30,34). The van der Waals surface area contributed by atoms with E-state index >= 15 is 0 Å². The van der Waals surface area contributed by atoms with Gasteiger partial charge in [-0.05, 0) is 37.1 Å². The molecule has 13 heteroatoms. The van der Waals surface area contributed by atoms with E-state index in [1.165, 1.54) is 24.1 Å². The smallest absolute Gasteiger partial charge is 0.387 e. The van der Waals surface area contributed by atoms with Gasteiger partial charge in [-0.2, -0.15) is 8.78 Å². The molecule has 2 N–H and O–H groups in total. The van der Waals surface area contributed by atoms with Gasteiger partial charge < -0.3 is 19.5 Å². The van der Waals surface area contributed by atoms with Gasteiger partial charge in [0, 0.05) is 37.0 Å². The Bertz CT molecular complexity index is 1280. The van der Waals surface area contributed by atoms with Crippen LogP contribution < -0.4 is 14.8 Å². The molecule has 0 radical (unpaired) electrons. The van der Waals surface area contributed by atoms with Crippen molar-refractivity contribution >= 4 is 17.8 Å². The number of carbonyl (C=O) groups is 2. The van der Waals surface area contributed by atoms with Gasteiger partial charge in [0.2, 0.25) is 5.95 Å². The number of nitrogens with zero attached hydrogens (tertiary/aromatic N) is 3. The van der Waals surface area contributed by atoms with Crippen molar-refractivity contribution in [2.45, 2.75) is 25.6 Å². The highest BCUT2D eigenvalue weighted by molar-refractivity contribution is 6.04. The van der Waals surface area contributed by atoms with E-state index in [2.05, 4.69) is 15.0 Å². The maximum Gasteiger partial charge on any atom is 0.387 e. The van der Waals surface area contributed by atoms with Gasteiger partial charge in [0.1, 0.15) is 22.9 Å². The normalized spacial score (nSPS) is 15.5. The first-order valence-corrected chi connectivity index (χ1v) is 11.1. The molecule has 1 saturated heterocycles. The van der Waals surface area contributed by atoms with E-state index in [0.717, 1.165) is 35.0 Å². The number of β-amino-alcohol motifs (C(OH)–C–C–N with tert-alkyl or cyclic N) is 1. The molecule has 1 aromatic heterocycles. The van der Waals surface area contributed by atoms with Crippen LogP contribution in [0.5, 0.6) is 11.5 Å². The molecule has 9 nitrogen and oxygen atoms in total. The summed E-state index contributed by atoms with van der Waals surface area (Å²) >= 11 is 0. The van der Waals surface area contributed by atoms with Crippen molar-refractivity contribution < 1.29 is 41.7 Å². The van der Waals surface area contributed by atoms with Gasteiger partial charge in [0.05, 0.1) is 13.2 Å². The number of aliphatic hydroxyl groups excluding tert-OH is 1. The Morgan fingerprint density at radius 3 is 2.41 bits per heavy atom. The van der Waals surface area contributed by atoms with E-state index < -0.39 is 41.9 Å². The lowest BCUT2D eigenvalue weighted by molar-refractivity contribution is -0.0498. The quantitative estimate of drug-likeness (QED) is 0.460. The number of alkyl halides is 2. The molecule has 2 heterocycles. The minimum atomic E-state index is -3.04. The highest BCUT2D eigenvalue weighted by Crippen LogP contribution is 2.28. The van der Waals surface area contributed by atoms with Crippen LogP contribution in [-0.2, 0) is 0 Å². The Morgan fingerprint density at radius 1 is 1.14 bits per heavy atom. The predicted molar refractivity (Wildman–Crippen MR) is 122 cm³/mol. The molecule has 2 amide bonds. The van der Waals surface area contributed by atoms with Crippen molar-refractivity contribution in [1.82, 2.24) is 14.5 Å². The third kappa shape index (κ3) is 5.82. The van der Waals surface area contributed by atoms with Crippen molar-refractivity contribution in [2.75, 3.05) is 25.5 Å². The lowest BCUT2D eigenvalue weighted by Crippen LogP contribution is -2.42. The SMILES string of the molecule is COc1cc(F)c(-n2cc(C(=O)N3CCCC(O)C3)nc2NC(=O)c2ccc(OC(F)F)cc2)c(F)c1. The van der Waals surface area contributed by atoms with Crippen LogP contribution in [0, 0.1) is 11.6 Å². The predicted octanol–water partition coefficient (Wildman–Crippen LogP) is 3.61. The van der Waals surface area contributed by atoms with E-state index in [9.17, 15) is 32.3 Å². The van der Waals surface area contributed by atoms with Crippen LogP contribution in [0.15, 0.2) is 42.6 Å². The summed E-state index contributed by atoms with van der Waals surface area (Å²) in [6.07, 6.45) is 1.45. The summed E-state index contributed by atoms with van der Waals surface area (Å²) < 4.78 is 64.6. The number of imidazole rings is 1. The number of amides is 2. The van der Waals surface area contributed by atoms with Crippen molar-refractivity contribution in [3.05, 3.63) is 65.5 Å².